The lowest BCUT2D eigenvalue weighted by molar-refractivity contribution is 0.0980. The maximum Gasteiger partial charge on any atom is 0.162 e. The molecule has 0 aliphatic rings. The molecule has 92 valence electrons. The summed E-state index contributed by atoms with van der Waals surface area (Å²) in [4.78, 5) is 11.9. The quantitative estimate of drug-likeness (QED) is 0.573. The summed E-state index contributed by atoms with van der Waals surface area (Å²) in [6.45, 7) is 0. The molecule has 0 aliphatic carbocycles. The normalized spacial score (nSPS) is 10.3. The summed E-state index contributed by atoms with van der Waals surface area (Å²) in [7, 11) is 0. The molecule has 2 aromatic carbocycles. The summed E-state index contributed by atoms with van der Waals surface area (Å²) in [5.41, 5.74) is 2.12. The summed E-state index contributed by atoms with van der Waals surface area (Å²) >= 11 is 2.30. The van der Waals surface area contributed by atoms with Gasteiger partial charge in [-0.15, -0.1) is 0 Å². The van der Waals surface area contributed by atoms with Crippen LogP contribution < -0.4 is 0 Å². The monoisotopic (exact) mass is 350 g/mol. The number of hydrogen-bond acceptors (Lipinski definition) is 1. The second kappa shape index (κ2) is 6.69. The van der Waals surface area contributed by atoms with Gasteiger partial charge in [-0.3, -0.25) is 4.79 Å². The molecule has 0 saturated carbocycles. The predicted octanol–water partition coefficient (Wildman–Crippen LogP) is 4.50. The minimum atomic E-state index is 0.237. The second-order valence-electron chi connectivity index (χ2n) is 4.27. The van der Waals surface area contributed by atoms with Gasteiger partial charge in [0.05, 0.1) is 0 Å². The van der Waals surface area contributed by atoms with Gasteiger partial charge in [-0.2, -0.15) is 0 Å². The molecule has 0 heterocycles. The molecule has 1 nitrogen and oxygen atoms in total. The molecule has 2 heteroatoms. The van der Waals surface area contributed by atoms with Crippen LogP contribution in [0.25, 0.3) is 0 Å². The van der Waals surface area contributed by atoms with Gasteiger partial charge in [-0.05, 0) is 53.1 Å². The zero-order chi connectivity index (χ0) is 12.8. The molecule has 0 spiro atoms. The number of halogens is 1. The highest BCUT2D eigenvalue weighted by Gasteiger charge is 2.04. The highest BCUT2D eigenvalue weighted by atomic mass is 127. The van der Waals surface area contributed by atoms with E-state index in [2.05, 4.69) is 46.9 Å². The van der Waals surface area contributed by atoms with Gasteiger partial charge in [0, 0.05) is 15.6 Å². The van der Waals surface area contributed by atoms with E-state index in [4.69, 9.17) is 0 Å². The Morgan fingerprint density at radius 3 is 2.28 bits per heavy atom. The molecule has 0 saturated heterocycles. The Morgan fingerprint density at radius 1 is 0.944 bits per heavy atom. The third kappa shape index (κ3) is 3.95. The van der Waals surface area contributed by atoms with E-state index in [9.17, 15) is 4.79 Å². The molecular weight excluding hydrogens is 335 g/mol. The molecule has 0 N–H and O–H groups in total. The molecule has 0 amide bonds. The fourth-order valence-corrected chi connectivity index (χ4v) is 2.23. The number of aryl methyl sites for hydroxylation is 1. The topological polar surface area (TPSA) is 17.1 Å². The van der Waals surface area contributed by atoms with Gasteiger partial charge in [0.15, 0.2) is 5.78 Å². The third-order valence-electron chi connectivity index (χ3n) is 2.88. The highest BCUT2D eigenvalue weighted by molar-refractivity contribution is 14.1. The maximum atomic E-state index is 11.9. The Kier molecular flexibility index (Phi) is 4.93. The molecule has 18 heavy (non-hydrogen) atoms. The van der Waals surface area contributed by atoms with Gasteiger partial charge in [0.2, 0.25) is 0 Å². The Hall–Kier alpha value is -1.16. The van der Waals surface area contributed by atoms with Crippen LogP contribution in [0.2, 0.25) is 0 Å². The lowest BCUT2D eigenvalue weighted by Crippen LogP contribution is -1.99. The molecule has 0 unspecified atom stereocenters. The summed E-state index contributed by atoms with van der Waals surface area (Å²) in [6, 6.07) is 18.0. The number of hydrogen-bond donors (Lipinski definition) is 0. The first-order valence-corrected chi connectivity index (χ1v) is 7.16. The van der Waals surface area contributed by atoms with Crippen LogP contribution in [0.15, 0.2) is 54.6 Å². The molecule has 0 aromatic heterocycles. The number of carbonyl (C=O) groups is 1. The van der Waals surface area contributed by atoms with Crippen molar-refractivity contribution in [2.75, 3.05) is 0 Å². The minimum Gasteiger partial charge on any atom is -0.294 e. The van der Waals surface area contributed by atoms with Crippen molar-refractivity contribution < 1.29 is 4.79 Å². The number of carbonyl (C=O) groups excluding carboxylic acids is 1. The van der Waals surface area contributed by atoms with E-state index in [-0.39, 0.29) is 5.78 Å². The van der Waals surface area contributed by atoms with Crippen molar-refractivity contribution in [2.45, 2.75) is 19.3 Å². The number of ketones is 1. The van der Waals surface area contributed by atoms with Crippen molar-refractivity contribution in [1.82, 2.24) is 0 Å². The second-order valence-corrected chi connectivity index (χ2v) is 5.51. The van der Waals surface area contributed by atoms with Crippen LogP contribution in [0.3, 0.4) is 0 Å². The highest BCUT2D eigenvalue weighted by Crippen LogP contribution is 2.11. The third-order valence-corrected chi connectivity index (χ3v) is 3.60. The lowest BCUT2D eigenvalue weighted by atomic mass is 10.0. The van der Waals surface area contributed by atoms with Crippen LogP contribution in [0.4, 0.5) is 0 Å². The lowest BCUT2D eigenvalue weighted by Gasteiger charge is -2.02. The van der Waals surface area contributed by atoms with Crippen LogP contribution in [0, 0.1) is 3.57 Å². The average Bonchev–Trinajstić information content (AvgIpc) is 2.42. The van der Waals surface area contributed by atoms with Gasteiger partial charge in [0.25, 0.3) is 0 Å². The molecule has 0 atom stereocenters. The molecule has 0 bridgehead atoms. The summed E-state index contributed by atoms with van der Waals surface area (Å²) < 4.78 is 1.25. The van der Waals surface area contributed by atoms with Crippen LogP contribution in [0.5, 0.6) is 0 Å². The fourth-order valence-electron chi connectivity index (χ4n) is 1.87. The van der Waals surface area contributed by atoms with E-state index in [1.807, 2.05) is 30.3 Å². The van der Waals surface area contributed by atoms with E-state index in [0.29, 0.717) is 6.42 Å². The SMILES string of the molecule is O=C(CCCc1ccc(I)cc1)c1ccccc1. The summed E-state index contributed by atoms with van der Waals surface area (Å²) in [6.07, 6.45) is 2.50. The first kappa shape index (κ1) is 13.3. The Bertz CT molecular complexity index is 502. The molecule has 2 aromatic rings. The fraction of sp³-hybridized carbons (Fsp3) is 0.188. The first-order chi connectivity index (χ1) is 8.75. The van der Waals surface area contributed by atoms with Crippen LogP contribution in [-0.4, -0.2) is 5.78 Å². The largest absolute Gasteiger partial charge is 0.294 e. The molecule has 0 fully saturated rings. The standard InChI is InChI=1S/C16H15IO/c17-15-11-9-13(10-12-15)5-4-8-16(18)14-6-2-1-3-7-14/h1-3,6-7,9-12H,4-5,8H2. The number of rotatable bonds is 5. The van der Waals surface area contributed by atoms with Crippen molar-refractivity contribution in [2.24, 2.45) is 0 Å². The molecule has 2 rings (SSSR count). The Balaban J connectivity index is 1.82. The number of Topliss-reactive ketones (excluding diaryl/α,β-unsaturated/α-hetero) is 1. The van der Waals surface area contributed by atoms with Crippen LogP contribution in [-0.2, 0) is 6.42 Å². The van der Waals surface area contributed by atoms with Gasteiger partial charge in [-0.25, -0.2) is 0 Å². The first-order valence-electron chi connectivity index (χ1n) is 6.08. The zero-order valence-corrected chi connectivity index (χ0v) is 12.3. The predicted molar refractivity (Wildman–Crippen MR) is 82.9 cm³/mol. The van der Waals surface area contributed by atoms with Gasteiger partial charge in [0.1, 0.15) is 0 Å². The van der Waals surface area contributed by atoms with E-state index in [1.165, 1.54) is 9.13 Å². The Labute approximate surface area is 121 Å². The van der Waals surface area contributed by atoms with Crippen LogP contribution >= 0.6 is 22.6 Å². The van der Waals surface area contributed by atoms with Crippen molar-refractivity contribution in [3.05, 3.63) is 69.3 Å². The van der Waals surface area contributed by atoms with Crippen molar-refractivity contribution in [3.63, 3.8) is 0 Å². The number of benzene rings is 2. The average molecular weight is 350 g/mol. The summed E-state index contributed by atoms with van der Waals surface area (Å²) in [5, 5.41) is 0. The smallest absolute Gasteiger partial charge is 0.162 e. The summed E-state index contributed by atoms with van der Waals surface area (Å²) in [5.74, 6) is 0.237. The van der Waals surface area contributed by atoms with E-state index < -0.39 is 0 Å². The van der Waals surface area contributed by atoms with Gasteiger partial charge in [-0.1, -0.05) is 42.5 Å². The molecule has 0 radical (unpaired) electrons. The Morgan fingerprint density at radius 2 is 1.61 bits per heavy atom. The van der Waals surface area contributed by atoms with Crippen molar-refractivity contribution in [3.8, 4) is 0 Å². The van der Waals surface area contributed by atoms with E-state index in [1.54, 1.807) is 0 Å². The van der Waals surface area contributed by atoms with Gasteiger partial charge >= 0.3 is 0 Å². The van der Waals surface area contributed by atoms with Crippen molar-refractivity contribution in [1.29, 1.82) is 0 Å². The van der Waals surface area contributed by atoms with Crippen LogP contribution in [0.1, 0.15) is 28.8 Å². The van der Waals surface area contributed by atoms with Crippen molar-refractivity contribution >= 4 is 28.4 Å². The van der Waals surface area contributed by atoms with Gasteiger partial charge < -0.3 is 0 Å². The zero-order valence-electron chi connectivity index (χ0n) is 10.1. The molecule has 0 aliphatic heterocycles. The minimum absolute atomic E-state index is 0.237. The van der Waals surface area contributed by atoms with E-state index in [0.717, 1.165) is 18.4 Å². The van der Waals surface area contributed by atoms with E-state index >= 15 is 0 Å². The maximum absolute atomic E-state index is 11.9. The molecular formula is C16H15IO.